The Labute approximate surface area is 293 Å². The van der Waals surface area contributed by atoms with Crippen molar-refractivity contribution in [3.63, 3.8) is 0 Å². The highest BCUT2D eigenvalue weighted by atomic mass is 16.5. The number of rotatable bonds is 12. The van der Waals surface area contributed by atoms with E-state index in [1.807, 2.05) is 60.7 Å². The van der Waals surface area contributed by atoms with E-state index >= 15 is 0 Å². The third-order valence-electron chi connectivity index (χ3n) is 8.79. The summed E-state index contributed by atoms with van der Waals surface area (Å²) in [6.07, 6.45) is 6.64. The second-order valence-corrected chi connectivity index (χ2v) is 13.1. The van der Waals surface area contributed by atoms with E-state index in [1.165, 1.54) is 5.56 Å². The van der Waals surface area contributed by atoms with Crippen molar-refractivity contribution >= 4 is 28.4 Å². The number of hydrogen-bond acceptors (Lipinski definition) is 5. The molecule has 254 valence electrons. The van der Waals surface area contributed by atoms with Crippen LogP contribution in [0.4, 0.5) is 16.2 Å². The van der Waals surface area contributed by atoms with E-state index in [-0.39, 0.29) is 29.1 Å². The Morgan fingerprint density at radius 1 is 0.820 bits per heavy atom. The van der Waals surface area contributed by atoms with Crippen LogP contribution < -0.4 is 20.5 Å². The van der Waals surface area contributed by atoms with E-state index in [9.17, 15) is 9.59 Å². The van der Waals surface area contributed by atoms with Crippen molar-refractivity contribution in [2.45, 2.75) is 59.0 Å². The predicted molar refractivity (Wildman–Crippen MR) is 202 cm³/mol. The van der Waals surface area contributed by atoms with Gasteiger partial charge in [-0.15, -0.1) is 0 Å². The first kappa shape index (κ1) is 34.1. The quantitative estimate of drug-likeness (QED) is 0.136. The lowest BCUT2D eigenvalue weighted by Crippen LogP contribution is -2.39. The van der Waals surface area contributed by atoms with E-state index in [0.717, 1.165) is 51.1 Å². The van der Waals surface area contributed by atoms with Crippen LogP contribution in [0.3, 0.4) is 0 Å². The lowest BCUT2D eigenvalue weighted by Gasteiger charge is -2.27. The standard InChI is InChI=1S/C42H43N5O3/c1-28(2)36-23-34(32-16-8-18-35(22-32)50-27-31-14-9-19-43-26-31)24-37(29(3)4)39(36)45-42(49)47(21-11-15-30-12-6-5-7-13-30)38-25-33-17-10-20-44-40(33)46-41(38)48/h5-10,12-14,16-20,22-26,28-29H,11,15,21,27H2,1-4H3,(H,45,49)(H,44,46,48). The molecule has 0 aliphatic heterocycles. The van der Waals surface area contributed by atoms with Gasteiger partial charge in [-0.3, -0.25) is 14.7 Å². The second-order valence-electron chi connectivity index (χ2n) is 13.1. The van der Waals surface area contributed by atoms with Gasteiger partial charge in [0, 0.05) is 41.8 Å². The van der Waals surface area contributed by atoms with Crippen LogP contribution in [0.5, 0.6) is 5.75 Å². The average Bonchev–Trinajstić information content (AvgIpc) is 3.13. The highest BCUT2D eigenvalue weighted by Gasteiger charge is 2.24. The molecule has 0 aliphatic carbocycles. The van der Waals surface area contributed by atoms with Crippen molar-refractivity contribution in [1.29, 1.82) is 0 Å². The van der Waals surface area contributed by atoms with Crippen LogP contribution in [0, 0.1) is 0 Å². The zero-order valence-corrected chi connectivity index (χ0v) is 29.0. The summed E-state index contributed by atoms with van der Waals surface area (Å²) < 4.78 is 6.12. The molecule has 2 N–H and O–H groups in total. The van der Waals surface area contributed by atoms with E-state index < -0.39 is 0 Å². The van der Waals surface area contributed by atoms with Crippen LogP contribution in [0.1, 0.15) is 68.2 Å². The number of nitrogens with one attached hydrogen (secondary N) is 2. The number of pyridine rings is 3. The van der Waals surface area contributed by atoms with Gasteiger partial charge in [-0.05, 0) is 101 Å². The van der Waals surface area contributed by atoms with Crippen molar-refractivity contribution < 1.29 is 9.53 Å². The number of aryl methyl sites for hydroxylation is 1. The molecule has 8 nitrogen and oxygen atoms in total. The van der Waals surface area contributed by atoms with Gasteiger partial charge in [0.25, 0.3) is 5.56 Å². The average molecular weight is 666 g/mol. The minimum atomic E-state index is -0.361. The molecule has 0 saturated heterocycles. The SMILES string of the molecule is CC(C)c1cc(-c2cccc(OCc3cccnc3)c2)cc(C(C)C)c1NC(=O)N(CCCc1ccccc1)c1cc2cccnc2[nH]c1=O. The molecule has 2 amide bonds. The van der Waals surface area contributed by atoms with Gasteiger partial charge >= 0.3 is 6.03 Å². The summed E-state index contributed by atoms with van der Waals surface area (Å²) in [6.45, 7) is 9.30. The maximum absolute atomic E-state index is 14.4. The molecular weight excluding hydrogens is 622 g/mol. The summed E-state index contributed by atoms with van der Waals surface area (Å²) in [5.41, 5.74) is 7.46. The van der Waals surface area contributed by atoms with Gasteiger partial charge in [-0.2, -0.15) is 0 Å². The topological polar surface area (TPSA) is 100 Å². The van der Waals surface area contributed by atoms with Gasteiger partial charge in [-0.25, -0.2) is 9.78 Å². The smallest absolute Gasteiger partial charge is 0.326 e. The number of aromatic amines is 1. The maximum atomic E-state index is 14.4. The molecule has 0 unspecified atom stereocenters. The highest BCUT2D eigenvalue weighted by Crippen LogP contribution is 2.38. The van der Waals surface area contributed by atoms with Gasteiger partial charge in [0.15, 0.2) is 0 Å². The van der Waals surface area contributed by atoms with Crippen molar-refractivity contribution in [1.82, 2.24) is 15.0 Å². The lowest BCUT2D eigenvalue weighted by atomic mass is 9.88. The second kappa shape index (κ2) is 15.6. The lowest BCUT2D eigenvalue weighted by molar-refractivity contribution is 0.256. The maximum Gasteiger partial charge on any atom is 0.326 e. The van der Waals surface area contributed by atoms with E-state index in [2.05, 4.69) is 78.3 Å². The number of fused-ring (bicyclic) bond motifs is 1. The molecule has 3 aromatic heterocycles. The number of carbonyl (C=O) groups is 1. The van der Waals surface area contributed by atoms with Crippen LogP contribution in [-0.2, 0) is 13.0 Å². The van der Waals surface area contributed by atoms with Gasteiger partial charge < -0.3 is 15.0 Å². The first-order valence-electron chi connectivity index (χ1n) is 17.2. The number of urea groups is 1. The summed E-state index contributed by atoms with van der Waals surface area (Å²) >= 11 is 0. The fraction of sp³-hybridized carbons (Fsp3) is 0.238. The molecule has 0 fully saturated rings. The van der Waals surface area contributed by atoms with Crippen molar-refractivity contribution in [3.8, 4) is 16.9 Å². The van der Waals surface area contributed by atoms with Crippen LogP contribution in [0.25, 0.3) is 22.2 Å². The Kier molecular flexibility index (Phi) is 10.7. The van der Waals surface area contributed by atoms with Gasteiger partial charge in [0.1, 0.15) is 23.7 Å². The molecule has 50 heavy (non-hydrogen) atoms. The largest absolute Gasteiger partial charge is 0.489 e. The molecule has 6 rings (SSSR count). The molecule has 0 spiro atoms. The molecule has 0 atom stereocenters. The van der Waals surface area contributed by atoms with Crippen molar-refractivity contribution in [2.75, 3.05) is 16.8 Å². The summed E-state index contributed by atoms with van der Waals surface area (Å²) in [4.78, 5) is 40.8. The molecule has 0 aliphatic rings. The van der Waals surface area contributed by atoms with Crippen molar-refractivity contribution in [2.24, 2.45) is 0 Å². The summed E-state index contributed by atoms with van der Waals surface area (Å²) in [7, 11) is 0. The number of aromatic nitrogens is 3. The van der Waals surface area contributed by atoms with E-state index in [1.54, 1.807) is 29.6 Å². The minimum absolute atomic E-state index is 0.106. The number of nitrogens with zero attached hydrogens (tertiary/aromatic N) is 3. The van der Waals surface area contributed by atoms with Gasteiger partial charge in [-0.1, -0.05) is 76.2 Å². The third kappa shape index (κ3) is 8.09. The number of carbonyl (C=O) groups excluding carboxylic acids is 1. The summed E-state index contributed by atoms with van der Waals surface area (Å²) in [5, 5.41) is 4.04. The molecule has 0 saturated carbocycles. The summed E-state index contributed by atoms with van der Waals surface area (Å²) in [5.74, 6) is 0.978. The Morgan fingerprint density at radius 3 is 2.28 bits per heavy atom. The van der Waals surface area contributed by atoms with Crippen LogP contribution in [0.15, 0.2) is 120 Å². The van der Waals surface area contributed by atoms with Crippen molar-refractivity contribution in [3.05, 3.63) is 148 Å². The Morgan fingerprint density at radius 2 is 1.56 bits per heavy atom. The Balaban J connectivity index is 1.33. The first-order valence-corrected chi connectivity index (χ1v) is 17.2. The van der Waals surface area contributed by atoms with Gasteiger partial charge in [0.05, 0.1) is 0 Å². The molecule has 0 bridgehead atoms. The number of H-pyrrole nitrogens is 1. The monoisotopic (exact) mass is 665 g/mol. The fourth-order valence-corrected chi connectivity index (χ4v) is 6.14. The Bertz CT molecular complexity index is 2100. The van der Waals surface area contributed by atoms with Gasteiger partial charge in [0.2, 0.25) is 0 Å². The molecular formula is C42H43N5O3. The Hall–Kier alpha value is -5.76. The number of hydrogen-bond donors (Lipinski definition) is 2. The number of amides is 2. The normalized spacial score (nSPS) is 11.2. The zero-order valence-electron chi connectivity index (χ0n) is 29.0. The van der Waals surface area contributed by atoms with E-state index in [4.69, 9.17) is 4.74 Å². The molecule has 8 heteroatoms. The first-order chi connectivity index (χ1) is 24.3. The van der Waals surface area contributed by atoms with E-state index in [0.29, 0.717) is 25.2 Å². The number of ether oxygens (including phenoxy) is 1. The third-order valence-corrected chi connectivity index (χ3v) is 8.79. The highest BCUT2D eigenvalue weighted by molar-refractivity contribution is 6.03. The van der Waals surface area contributed by atoms with Crippen LogP contribution >= 0.6 is 0 Å². The molecule has 0 radical (unpaired) electrons. The molecule has 6 aromatic rings. The predicted octanol–water partition coefficient (Wildman–Crippen LogP) is 9.48. The minimum Gasteiger partial charge on any atom is -0.489 e. The molecule has 3 heterocycles. The zero-order chi connectivity index (χ0) is 35.0. The molecule has 3 aromatic carbocycles. The van der Waals surface area contributed by atoms with Crippen LogP contribution in [0.2, 0.25) is 0 Å². The fourth-order valence-electron chi connectivity index (χ4n) is 6.14. The number of anilines is 2. The van der Waals surface area contributed by atoms with Crippen LogP contribution in [-0.4, -0.2) is 27.5 Å². The number of benzene rings is 3. The summed E-state index contributed by atoms with van der Waals surface area (Å²) in [6, 6.07) is 31.5.